The van der Waals surface area contributed by atoms with Crippen LogP contribution in [0.25, 0.3) is 0 Å². The molecule has 74 valence electrons. The number of hydrogen-bond donors (Lipinski definition) is 1. The van der Waals surface area contributed by atoms with Gasteiger partial charge in [0, 0.05) is 10.7 Å². The fourth-order valence-electron chi connectivity index (χ4n) is 1.60. The lowest BCUT2D eigenvalue weighted by Crippen LogP contribution is -2.91. The molecule has 1 aromatic carbocycles. The van der Waals surface area contributed by atoms with Gasteiger partial charge in [-0.3, -0.25) is 4.79 Å². The second kappa shape index (κ2) is 3.98. The summed E-state index contributed by atoms with van der Waals surface area (Å²) < 4.78 is 0. The predicted molar refractivity (Wildman–Crippen MR) is 55.5 cm³/mol. The number of hydrogen-bond acceptors (Lipinski definition) is 1. The Morgan fingerprint density at radius 2 is 2.29 bits per heavy atom. The van der Waals surface area contributed by atoms with Crippen molar-refractivity contribution < 1.29 is 10.1 Å². The molecule has 4 heteroatoms. The molecule has 0 bridgehead atoms. The highest BCUT2D eigenvalue weighted by Crippen LogP contribution is 2.19. The number of piperazine rings is 1. The minimum atomic E-state index is 0.151. The van der Waals surface area contributed by atoms with Gasteiger partial charge in [0.25, 0.3) is 5.91 Å². The zero-order valence-corrected chi connectivity index (χ0v) is 8.50. The molecule has 0 spiro atoms. The Labute approximate surface area is 87.7 Å². The molecule has 1 aliphatic heterocycles. The standard InChI is InChI=1S/C10H11ClN2O/c11-8-2-1-3-9(6-8)13-5-4-12-7-10(13)14/h1-3,6,12H,4-5,7H2/p+1. The van der Waals surface area contributed by atoms with Crippen molar-refractivity contribution in [2.45, 2.75) is 0 Å². The van der Waals surface area contributed by atoms with E-state index in [0.29, 0.717) is 11.6 Å². The van der Waals surface area contributed by atoms with Gasteiger partial charge in [0.1, 0.15) is 0 Å². The van der Waals surface area contributed by atoms with Gasteiger partial charge < -0.3 is 10.2 Å². The van der Waals surface area contributed by atoms with E-state index in [1.54, 1.807) is 4.90 Å². The minimum Gasteiger partial charge on any atom is -0.337 e. The third-order valence-corrected chi connectivity index (χ3v) is 2.53. The normalized spacial score (nSPS) is 17.2. The number of amides is 1. The summed E-state index contributed by atoms with van der Waals surface area (Å²) in [5, 5.41) is 2.69. The summed E-state index contributed by atoms with van der Waals surface area (Å²) in [7, 11) is 0. The van der Waals surface area contributed by atoms with Gasteiger partial charge in [-0.25, -0.2) is 0 Å². The molecule has 0 unspecified atom stereocenters. The summed E-state index contributed by atoms with van der Waals surface area (Å²) >= 11 is 5.87. The lowest BCUT2D eigenvalue weighted by molar-refractivity contribution is -0.645. The smallest absolute Gasteiger partial charge is 0.282 e. The first kappa shape index (κ1) is 9.49. The lowest BCUT2D eigenvalue weighted by Gasteiger charge is -2.25. The number of benzene rings is 1. The van der Waals surface area contributed by atoms with E-state index in [1.807, 2.05) is 29.6 Å². The van der Waals surface area contributed by atoms with Crippen molar-refractivity contribution in [1.29, 1.82) is 0 Å². The first-order valence-electron chi connectivity index (χ1n) is 4.65. The van der Waals surface area contributed by atoms with Crippen LogP contribution >= 0.6 is 11.6 Å². The average molecular weight is 212 g/mol. The largest absolute Gasteiger partial charge is 0.337 e. The van der Waals surface area contributed by atoms with Crippen LogP contribution in [-0.4, -0.2) is 25.5 Å². The highest BCUT2D eigenvalue weighted by molar-refractivity contribution is 6.30. The third-order valence-electron chi connectivity index (χ3n) is 2.30. The average Bonchev–Trinajstić information content (AvgIpc) is 2.18. The van der Waals surface area contributed by atoms with E-state index in [4.69, 9.17) is 11.6 Å². The Balaban J connectivity index is 2.24. The van der Waals surface area contributed by atoms with Gasteiger partial charge in [-0.05, 0) is 18.2 Å². The second-order valence-corrected chi connectivity index (χ2v) is 3.74. The predicted octanol–water partition coefficient (Wildman–Crippen LogP) is 0.250. The van der Waals surface area contributed by atoms with Crippen molar-refractivity contribution >= 4 is 23.2 Å². The fraction of sp³-hybridized carbons (Fsp3) is 0.300. The summed E-state index contributed by atoms with van der Waals surface area (Å²) in [6.07, 6.45) is 0. The Bertz CT molecular complexity index is 354. The summed E-state index contributed by atoms with van der Waals surface area (Å²) in [6.45, 7) is 2.25. The molecule has 1 aromatic rings. The molecule has 1 fully saturated rings. The van der Waals surface area contributed by atoms with Gasteiger partial charge in [0.15, 0.2) is 6.54 Å². The Kier molecular flexibility index (Phi) is 2.70. The van der Waals surface area contributed by atoms with Gasteiger partial charge in [0.2, 0.25) is 0 Å². The van der Waals surface area contributed by atoms with E-state index in [-0.39, 0.29) is 5.91 Å². The van der Waals surface area contributed by atoms with Crippen LogP contribution in [0, 0.1) is 0 Å². The van der Waals surface area contributed by atoms with Crippen LogP contribution in [0.15, 0.2) is 24.3 Å². The summed E-state index contributed by atoms with van der Waals surface area (Å²) in [5.41, 5.74) is 0.899. The van der Waals surface area contributed by atoms with Crippen LogP contribution < -0.4 is 10.2 Å². The topological polar surface area (TPSA) is 36.9 Å². The van der Waals surface area contributed by atoms with Crippen LogP contribution in [-0.2, 0) is 4.79 Å². The van der Waals surface area contributed by atoms with Crippen LogP contribution in [0.2, 0.25) is 5.02 Å². The van der Waals surface area contributed by atoms with E-state index in [2.05, 4.69) is 0 Å². The molecule has 1 saturated heterocycles. The van der Waals surface area contributed by atoms with E-state index in [9.17, 15) is 4.79 Å². The highest BCUT2D eigenvalue weighted by atomic mass is 35.5. The third kappa shape index (κ3) is 1.89. The number of carbonyl (C=O) groups is 1. The molecule has 1 heterocycles. The lowest BCUT2D eigenvalue weighted by atomic mass is 10.2. The van der Waals surface area contributed by atoms with E-state index < -0.39 is 0 Å². The number of nitrogens with zero attached hydrogens (tertiary/aromatic N) is 1. The molecule has 0 saturated carbocycles. The van der Waals surface area contributed by atoms with Crippen molar-refractivity contribution in [2.75, 3.05) is 24.5 Å². The fourth-order valence-corrected chi connectivity index (χ4v) is 1.78. The highest BCUT2D eigenvalue weighted by Gasteiger charge is 2.21. The number of carbonyl (C=O) groups excluding carboxylic acids is 1. The van der Waals surface area contributed by atoms with Crippen molar-refractivity contribution in [3.8, 4) is 0 Å². The maximum absolute atomic E-state index is 11.6. The maximum Gasteiger partial charge on any atom is 0.282 e. The number of quaternary nitrogens is 1. The Morgan fingerprint density at radius 1 is 1.43 bits per heavy atom. The van der Waals surface area contributed by atoms with Crippen molar-refractivity contribution in [1.82, 2.24) is 0 Å². The summed E-state index contributed by atoms with van der Waals surface area (Å²) in [6, 6.07) is 7.41. The van der Waals surface area contributed by atoms with Crippen molar-refractivity contribution in [3.05, 3.63) is 29.3 Å². The first-order valence-corrected chi connectivity index (χ1v) is 5.03. The molecule has 0 atom stereocenters. The SMILES string of the molecule is O=C1C[NH2+]CCN1c1cccc(Cl)c1. The number of rotatable bonds is 1. The van der Waals surface area contributed by atoms with E-state index in [1.165, 1.54) is 0 Å². The van der Waals surface area contributed by atoms with Gasteiger partial charge in [-0.1, -0.05) is 17.7 Å². The van der Waals surface area contributed by atoms with E-state index in [0.717, 1.165) is 18.8 Å². The van der Waals surface area contributed by atoms with Crippen LogP contribution in [0.5, 0.6) is 0 Å². The molecule has 1 aliphatic rings. The minimum absolute atomic E-state index is 0.151. The van der Waals surface area contributed by atoms with E-state index >= 15 is 0 Å². The first-order chi connectivity index (χ1) is 6.77. The molecule has 0 aromatic heterocycles. The van der Waals surface area contributed by atoms with Gasteiger partial charge in [-0.15, -0.1) is 0 Å². The molecule has 2 N–H and O–H groups in total. The summed E-state index contributed by atoms with van der Waals surface area (Å²) in [4.78, 5) is 13.3. The van der Waals surface area contributed by atoms with Gasteiger partial charge >= 0.3 is 0 Å². The molecule has 0 radical (unpaired) electrons. The van der Waals surface area contributed by atoms with Gasteiger partial charge in [0.05, 0.1) is 13.1 Å². The molecular weight excluding hydrogens is 200 g/mol. The number of nitrogens with two attached hydrogens (primary N) is 1. The van der Waals surface area contributed by atoms with Crippen LogP contribution in [0.4, 0.5) is 5.69 Å². The van der Waals surface area contributed by atoms with Crippen LogP contribution in [0.3, 0.4) is 0 Å². The molecule has 14 heavy (non-hydrogen) atoms. The Morgan fingerprint density at radius 3 is 3.00 bits per heavy atom. The van der Waals surface area contributed by atoms with Gasteiger partial charge in [-0.2, -0.15) is 0 Å². The molecule has 2 rings (SSSR count). The maximum atomic E-state index is 11.6. The molecule has 1 amide bonds. The summed E-state index contributed by atoms with van der Waals surface area (Å²) in [5.74, 6) is 0.151. The zero-order valence-electron chi connectivity index (χ0n) is 7.74. The van der Waals surface area contributed by atoms with Crippen LogP contribution in [0.1, 0.15) is 0 Å². The van der Waals surface area contributed by atoms with Crippen molar-refractivity contribution in [3.63, 3.8) is 0 Å². The molecule has 3 nitrogen and oxygen atoms in total. The van der Waals surface area contributed by atoms with Crippen molar-refractivity contribution in [2.24, 2.45) is 0 Å². The molecule has 0 aliphatic carbocycles. The second-order valence-electron chi connectivity index (χ2n) is 3.31. The zero-order chi connectivity index (χ0) is 9.97. The monoisotopic (exact) mass is 211 g/mol. The molecular formula is C10H12ClN2O+. The number of anilines is 1. The quantitative estimate of drug-likeness (QED) is 0.711. The number of halogens is 1. The Hall–Kier alpha value is -1.06.